The van der Waals surface area contributed by atoms with Crippen LogP contribution in [0.4, 0.5) is 0 Å². The van der Waals surface area contributed by atoms with Gasteiger partial charge >= 0.3 is 0 Å². The molecule has 1 aromatic rings. The molecule has 0 N–H and O–H groups in total. The molecule has 2 unspecified atom stereocenters. The van der Waals surface area contributed by atoms with E-state index in [0.29, 0.717) is 12.2 Å². The first kappa shape index (κ1) is 13.1. The summed E-state index contributed by atoms with van der Waals surface area (Å²) < 4.78 is 7.79. The average molecular weight is 362 g/mol. The zero-order valence-electron chi connectivity index (χ0n) is 9.80. The van der Waals surface area contributed by atoms with Crippen molar-refractivity contribution in [3.8, 4) is 5.75 Å². The first-order valence-corrected chi connectivity index (χ1v) is 7.21. The smallest absolute Gasteiger partial charge is 0.148 e. The number of carbonyl (C=O) groups excluding carboxylic acids is 1. The zero-order chi connectivity index (χ0) is 12.6. The normalized spacial score (nSPS) is 27.8. The molecule has 0 heterocycles. The summed E-state index contributed by atoms with van der Waals surface area (Å²) in [4.78, 5) is 11.7. The highest BCUT2D eigenvalue weighted by Crippen LogP contribution is 2.45. The van der Waals surface area contributed by atoms with Gasteiger partial charge in [-0.2, -0.15) is 0 Å². The minimum Gasteiger partial charge on any atom is -0.487 e. The molecule has 0 bridgehead atoms. The molecule has 2 nitrogen and oxygen atoms in total. The highest BCUT2D eigenvalue weighted by atomic mass is 79.9. The van der Waals surface area contributed by atoms with Gasteiger partial charge in [0.15, 0.2) is 0 Å². The summed E-state index contributed by atoms with van der Waals surface area (Å²) in [6.45, 7) is 4.01. The molecule has 1 fully saturated rings. The molecular formula is C13H14Br2O2. The Morgan fingerprint density at radius 3 is 2.47 bits per heavy atom. The third-order valence-electron chi connectivity index (χ3n) is 3.63. The predicted molar refractivity (Wildman–Crippen MR) is 74.3 cm³/mol. The second-order valence-electron chi connectivity index (χ2n) is 4.56. The Kier molecular flexibility index (Phi) is 3.64. The molecule has 0 aliphatic heterocycles. The number of rotatable bonds is 3. The van der Waals surface area contributed by atoms with Gasteiger partial charge in [-0.05, 0) is 57.3 Å². The molecule has 17 heavy (non-hydrogen) atoms. The van der Waals surface area contributed by atoms with Crippen molar-refractivity contribution in [3.05, 3.63) is 27.1 Å². The number of hydrogen-bond donors (Lipinski definition) is 0. The van der Waals surface area contributed by atoms with Crippen LogP contribution >= 0.6 is 31.9 Å². The van der Waals surface area contributed by atoms with Crippen LogP contribution in [0.2, 0.25) is 0 Å². The maximum Gasteiger partial charge on any atom is 0.148 e. The fourth-order valence-electron chi connectivity index (χ4n) is 2.01. The van der Waals surface area contributed by atoms with Crippen molar-refractivity contribution >= 4 is 37.6 Å². The molecular weight excluding hydrogens is 348 g/mol. The van der Waals surface area contributed by atoms with E-state index in [0.717, 1.165) is 21.1 Å². The van der Waals surface area contributed by atoms with E-state index in [1.165, 1.54) is 0 Å². The molecule has 2 atom stereocenters. The van der Waals surface area contributed by atoms with E-state index in [1.54, 1.807) is 0 Å². The maximum atomic E-state index is 11.7. The zero-order valence-corrected chi connectivity index (χ0v) is 13.0. The Morgan fingerprint density at radius 1 is 1.41 bits per heavy atom. The van der Waals surface area contributed by atoms with E-state index < -0.39 is 0 Å². The number of hydrogen-bond acceptors (Lipinski definition) is 2. The lowest BCUT2D eigenvalue weighted by Gasteiger charge is -2.44. The lowest BCUT2D eigenvalue weighted by molar-refractivity contribution is -0.150. The van der Waals surface area contributed by atoms with Gasteiger partial charge in [-0.15, -0.1) is 0 Å². The monoisotopic (exact) mass is 360 g/mol. The lowest BCUT2D eigenvalue weighted by Crippen LogP contribution is -2.54. The van der Waals surface area contributed by atoms with Crippen LogP contribution in [-0.4, -0.2) is 11.9 Å². The van der Waals surface area contributed by atoms with Crippen LogP contribution in [0, 0.1) is 5.41 Å². The van der Waals surface area contributed by atoms with E-state index >= 15 is 0 Å². The molecule has 1 aromatic carbocycles. The maximum absolute atomic E-state index is 11.7. The van der Waals surface area contributed by atoms with Crippen molar-refractivity contribution in [1.29, 1.82) is 0 Å². The fourth-order valence-corrected chi connectivity index (χ4v) is 3.19. The van der Waals surface area contributed by atoms with Crippen molar-refractivity contribution in [3.63, 3.8) is 0 Å². The van der Waals surface area contributed by atoms with Crippen molar-refractivity contribution in [2.75, 3.05) is 0 Å². The van der Waals surface area contributed by atoms with Crippen molar-refractivity contribution < 1.29 is 9.53 Å². The van der Waals surface area contributed by atoms with E-state index in [-0.39, 0.29) is 11.5 Å². The van der Waals surface area contributed by atoms with Gasteiger partial charge in [-0.25, -0.2) is 0 Å². The van der Waals surface area contributed by atoms with E-state index in [4.69, 9.17) is 4.74 Å². The van der Waals surface area contributed by atoms with Gasteiger partial charge in [0.05, 0.1) is 14.4 Å². The molecule has 0 aromatic heterocycles. The summed E-state index contributed by atoms with van der Waals surface area (Å²) in [6.07, 6.45) is 1.31. The van der Waals surface area contributed by atoms with Gasteiger partial charge in [0, 0.05) is 6.42 Å². The quantitative estimate of drug-likeness (QED) is 0.800. The highest BCUT2D eigenvalue weighted by Gasteiger charge is 2.51. The number of para-hydroxylation sites is 1. The lowest BCUT2D eigenvalue weighted by atomic mass is 9.64. The molecule has 0 spiro atoms. The number of benzene rings is 1. The average Bonchev–Trinajstić information content (AvgIpc) is 2.31. The van der Waals surface area contributed by atoms with Crippen LogP contribution in [-0.2, 0) is 4.79 Å². The summed E-state index contributed by atoms with van der Waals surface area (Å²) in [7, 11) is 0. The molecule has 0 amide bonds. The first-order chi connectivity index (χ1) is 7.99. The minimum absolute atomic E-state index is 0.0185. The number of ketones is 1. The standard InChI is InChI=1S/C13H14Br2O2/c1-3-13(2)10(16)7-11(13)17-12-8(14)5-4-6-9(12)15/h4-6,11H,3,7H2,1-2H3. The van der Waals surface area contributed by atoms with Crippen LogP contribution in [0.15, 0.2) is 27.1 Å². The predicted octanol–water partition coefficient (Wildman–Crippen LogP) is 4.35. The first-order valence-electron chi connectivity index (χ1n) is 5.63. The molecule has 1 aliphatic carbocycles. The van der Waals surface area contributed by atoms with Crippen LogP contribution in [0.1, 0.15) is 26.7 Å². The molecule has 0 radical (unpaired) electrons. The van der Waals surface area contributed by atoms with Crippen molar-refractivity contribution in [2.45, 2.75) is 32.8 Å². The van der Waals surface area contributed by atoms with E-state index in [9.17, 15) is 4.79 Å². The van der Waals surface area contributed by atoms with E-state index in [1.807, 2.05) is 32.0 Å². The Labute approximate surface area is 118 Å². The molecule has 4 heteroatoms. The molecule has 2 rings (SSSR count). The Morgan fingerprint density at radius 2 is 2.00 bits per heavy atom. The molecule has 0 saturated heterocycles. The van der Waals surface area contributed by atoms with E-state index in [2.05, 4.69) is 31.9 Å². The highest BCUT2D eigenvalue weighted by molar-refractivity contribution is 9.11. The van der Waals surface area contributed by atoms with Crippen LogP contribution in [0.5, 0.6) is 5.75 Å². The Hall–Kier alpha value is -0.350. The van der Waals surface area contributed by atoms with Crippen LogP contribution in [0.25, 0.3) is 0 Å². The number of carbonyl (C=O) groups is 1. The summed E-state index contributed by atoms with van der Waals surface area (Å²) in [5.74, 6) is 1.08. The van der Waals surface area contributed by atoms with Gasteiger partial charge in [-0.1, -0.05) is 13.0 Å². The molecule has 1 aliphatic rings. The van der Waals surface area contributed by atoms with Gasteiger partial charge in [0.25, 0.3) is 0 Å². The second-order valence-corrected chi connectivity index (χ2v) is 6.26. The summed E-state index contributed by atoms with van der Waals surface area (Å²) in [5.41, 5.74) is -0.325. The van der Waals surface area contributed by atoms with Gasteiger partial charge in [0.1, 0.15) is 17.6 Å². The van der Waals surface area contributed by atoms with Gasteiger partial charge < -0.3 is 4.74 Å². The topological polar surface area (TPSA) is 26.3 Å². The summed E-state index contributed by atoms with van der Waals surface area (Å²) in [5, 5.41) is 0. The summed E-state index contributed by atoms with van der Waals surface area (Å²) >= 11 is 6.93. The van der Waals surface area contributed by atoms with Crippen LogP contribution in [0.3, 0.4) is 0 Å². The number of Topliss-reactive ketones (excluding diaryl/α,β-unsaturated/α-hetero) is 1. The Balaban J connectivity index is 2.21. The third kappa shape index (κ3) is 2.17. The Bertz CT molecular complexity index is 438. The summed E-state index contributed by atoms with van der Waals surface area (Å²) in [6, 6.07) is 5.81. The van der Waals surface area contributed by atoms with Crippen molar-refractivity contribution in [2.24, 2.45) is 5.41 Å². The number of ether oxygens (including phenoxy) is 1. The minimum atomic E-state index is -0.325. The van der Waals surface area contributed by atoms with Crippen molar-refractivity contribution in [1.82, 2.24) is 0 Å². The molecule has 1 saturated carbocycles. The van der Waals surface area contributed by atoms with Crippen LogP contribution < -0.4 is 4.74 Å². The van der Waals surface area contributed by atoms with Gasteiger partial charge in [-0.3, -0.25) is 4.79 Å². The SMILES string of the molecule is CCC1(C)C(=O)CC1Oc1c(Br)cccc1Br. The second kappa shape index (κ2) is 4.73. The third-order valence-corrected chi connectivity index (χ3v) is 4.88. The number of halogens is 2. The molecule has 92 valence electrons. The fraction of sp³-hybridized carbons (Fsp3) is 0.462. The van der Waals surface area contributed by atoms with Gasteiger partial charge in [0.2, 0.25) is 0 Å². The largest absolute Gasteiger partial charge is 0.487 e.